The van der Waals surface area contributed by atoms with Gasteiger partial charge >= 0.3 is 5.97 Å². The molecule has 2 aromatic heterocycles. The molecule has 1 aromatic carbocycles. The number of esters is 1. The van der Waals surface area contributed by atoms with Gasteiger partial charge in [-0.3, -0.25) is 4.79 Å². The number of ether oxygens (including phenoxy) is 1. The van der Waals surface area contributed by atoms with E-state index in [-0.39, 0.29) is 10.8 Å². The standard InChI is InChI=1S/C16H11Cl2N3O3/c17-9-5-12(18)15(20-6-9)21-14(22)8-24-16(23)11-7-19-13-4-2-1-3-10(11)13/h1-7,19H,8H2,(H,20,21,22). The largest absolute Gasteiger partial charge is 0.452 e. The lowest BCUT2D eigenvalue weighted by molar-refractivity contribution is -0.119. The average molecular weight is 364 g/mol. The minimum atomic E-state index is -0.599. The minimum absolute atomic E-state index is 0.147. The van der Waals surface area contributed by atoms with Crippen LogP contribution in [0.1, 0.15) is 10.4 Å². The van der Waals surface area contributed by atoms with Crippen LogP contribution in [0.4, 0.5) is 5.82 Å². The van der Waals surface area contributed by atoms with Gasteiger partial charge in [0.25, 0.3) is 5.91 Å². The number of amides is 1. The highest BCUT2D eigenvalue weighted by Gasteiger charge is 2.15. The number of hydrogen-bond acceptors (Lipinski definition) is 4. The van der Waals surface area contributed by atoms with Gasteiger partial charge in [-0.25, -0.2) is 9.78 Å². The van der Waals surface area contributed by atoms with E-state index in [2.05, 4.69) is 15.3 Å². The number of para-hydroxylation sites is 1. The fourth-order valence-electron chi connectivity index (χ4n) is 2.12. The summed E-state index contributed by atoms with van der Waals surface area (Å²) < 4.78 is 5.02. The predicted octanol–water partition coefficient (Wildman–Crippen LogP) is 3.67. The van der Waals surface area contributed by atoms with Gasteiger partial charge in [-0.15, -0.1) is 0 Å². The zero-order chi connectivity index (χ0) is 17.1. The third-order valence-corrected chi connectivity index (χ3v) is 3.70. The van der Waals surface area contributed by atoms with E-state index in [0.717, 1.165) is 10.9 Å². The summed E-state index contributed by atoms with van der Waals surface area (Å²) in [4.78, 5) is 30.8. The first-order chi connectivity index (χ1) is 11.5. The summed E-state index contributed by atoms with van der Waals surface area (Å²) in [6.07, 6.45) is 2.89. The number of aromatic nitrogens is 2. The summed E-state index contributed by atoms with van der Waals surface area (Å²) in [5.74, 6) is -1.01. The van der Waals surface area contributed by atoms with Crippen molar-refractivity contribution in [3.05, 3.63) is 58.3 Å². The number of anilines is 1. The number of benzene rings is 1. The molecule has 0 bridgehead atoms. The van der Waals surface area contributed by atoms with Gasteiger partial charge in [0.05, 0.1) is 15.6 Å². The van der Waals surface area contributed by atoms with Crippen molar-refractivity contribution in [1.82, 2.24) is 9.97 Å². The van der Waals surface area contributed by atoms with E-state index >= 15 is 0 Å². The van der Waals surface area contributed by atoms with Crippen LogP contribution in [0, 0.1) is 0 Å². The summed E-state index contributed by atoms with van der Waals surface area (Å²) >= 11 is 11.6. The highest BCUT2D eigenvalue weighted by Crippen LogP contribution is 2.22. The van der Waals surface area contributed by atoms with Gasteiger partial charge in [-0.05, 0) is 12.1 Å². The molecule has 0 radical (unpaired) electrons. The maximum absolute atomic E-state index is 12.1. The quantitative estimate of drug-likeness (QED) is 0.692. The van der Waals surface area contributed by atoms with Crippen molar-refractivity contribution in [2.75, 3.05) is 11.9 Å². The van der Waals surface area contributed by atoms with E-state index < -0.39 is 18.5 Å². The van der Waals surface area contributed by atoms with Crippen molar-refractivity contribution < 1.29 is 14.3 Å². The fraction of sp³-hybridized carbons (Fsp3) is 0.0625. The lowest BCUT2D eigenvalue weighted by Crippen LogP contribution is -2.21. The molecular formula is C16H11Cl2N3O3. The second-order valence-corrected chi connectivity index (χ2v) is 5.70. The lowest BCUT2D eigenvalue weighted by atomic mass is 10.2. The van der Waals surface area contributed by atoms with Gasteiger partial charge in [-0.1, -0.05) is 41.4 Å². The molecule has 1 amide bonds. The van der Waals surface area contributed by atoms with E-state index in [0.29, 0.717) is 10.6 Å². The van der Waals surface area contributed by atoms with Gasteiger partial charge in [0.15, 0.2) is 12.4 Å². The maximum atomic E-state index is 12.1. The molecule has 0 aliphatic rings. The molecule has 8 heteroatoms. The smallest absolute Gasteiger partial charge is 0.340 e. The van der Waals surface area contributed by atoms with Crippen LogP contribution in [-0.2, 0) is 9.53 Å². The summed E-state index contributed by atoms with van der Waals surface area (Å²) in [6.45, 7) is -0.459. The molecule has 122 valence electrons. The number of nitrogens with zero attached hydrogens (tertiary/aromatic N) is 1. The first-order valence-electron chi connectivity index (χ1n) is 6.89. The fourth-order valence-corrected chi connectivity index (χ4v) is 2.55. The molecule has 0 fully saturated rings. The van der Waals surface area contributed by atoms with Crippen molar-refractivity contribution in [2.45, 2.75) is 0 Å². The van der Waals surface area contributed by atoms with E-state index in [1.807, 2.05) is 18.2 Å². The molecule has 0 aliphatic heterocycles. The average Bonchev–Trinajstić information content (AvgIpc) is 2.99. The number of carbonyl (C=O) groups is 2. The summed E-state index contributed by atoms with van der Waals surface area (Å²) in [5, 5.41) is 3.72. The van der Waals surface area contributed by atoms with Crippen LogP contribution >= 0.6 is 23.2 Å². The van der Waals surface area contributed by atoms with E-state index in [9.17, 15) is 9.59 Å². The van der Waals surface area contributed by atoms with E-state index in [1.165, 1.54) is 12.3 Å². The van der Waals surface area contributed by atoms with Crippen molar-refractivity contribution in [1.29, 1.82) is 0 Å². The Morgan fingerprint density at radius 3 is 2.83 bits per heavy atom. The van der Waals surface area contributed by atoms with Crippen molar-refractivity contribution in [3.63, 3.8) is 0 Å². The third-order valence-electron chi connectivity index (χ3n) is 3.21. The Labute approximate surface area is 146 Å². The molecule has 2 heterocycles. The van der Waals surface area contributed by atoms with Crippen LogP contribution in [0.15, 0.2) is 42.7 Å². The lowest BCUT2D eigenvalue weighted by Gasteiger charge is -2.07. The number of carbonyl (C=O) groups excluding carboxylic acids is 2. The van der Waals surface area contributed by atoms with Crippen molar-refractivity contribution in [2.24, 2.45) is 0 Å². The third kappa shape index (κ3) is 3.50. The molecular weight excluding hydrogens is 353 g/mol. The van der Waals surface area contributed by atoms with Crippen LogP contribution in [0.2, 0.25) is 10.0 Å². The van der Waals surface area contributed by atoms with Gasteiger partial charge in [0.2, 0.25) is 0 Å². The number of fused-ring (bicyclic) bond motifs is 1. The minimum Gasteiger partial charge on any atom is -0.452 e. The van der Waals surface area contributed by atoms with Gasteiger partial charge < -0.3 is 15.0 Å². The molecule has 3 rings (SSSR count). The van der Waals surface area contributed by atoms with Gasteiger partial charge in [-0.2, -0.15) is 0 Å². The first kappa shape index (κ1) is 16.3. The Balaban J connectivity index is 1.62. The van der Waals surface area contributed by atoms with E-state index in [1.54, 1.807) is 12.3 Å². The zero-order valence-electron chi connectivity index (χ0n) is 12.2. The summed E-state index contributed by atoms with van der Waals surface area (Å²) in [5.41, 5.74) is 1.17. The van der Waals surface area contributed by atoms with Crippen LogP contribution in [0.25, 0.3) is 10.9 Å². The Morgan fingerprint density at radius 2 is 2.04 bits per heavy atom. The molecule has 6 nitrogen and oxygen atoms in total. The second-order valence-electron chi connectivity index (χ2n) is 4.86. The summed E-state index contributed by atoms with van der Waals surface area (Å²) in [6, 6.07) is 8.74. The molecule has 0 spiro atoms. The number of aromatic amines is 1. The molecule has 0 saturated heterocycles. The van der Waals surface area contributed by atoms with Gasteiger partial charge in [0, 0.05) is 23.3 Å². The number of halogens is 2. The molecule has 0 saturated carbocycles. The normalized spacial score (nSPS) is 10.6. The highest BCUT2D eigenvalue weighted by molar-refractivity contribution is 6.36. The zero-order valence-corrected chi connectivity index (χ0v) is 13.7. The highest BCUT2D eigenvalue weighted by atomic mass is 35.5. The Morgan fingerprint density at radius 1 is 1.25 bits per heavy atom. The molecule has 0 aliphatic carbocycles. The number of nitrogens with one attached hydrogen (secondary N) is 2. The predicted molar refractivity (Wildman–Crippen MR) is 91.5 cm³/mol. The van der Waals surface area contributed by atoms with Crippen LogP contribution in [-0.4, -0.2) is 28.5 Å². The summed E-state index contributed by atoms with van der Waals surface area (Å²) in [7, 11) is 0. The van der Waals surface area contributed by atoms with Crippen molar-refractivity contribution in [3.8, 4) is 0 Å². The first-order valence-corrected chi connectivity index (χ1v) is 7.64. The second kappa shape index (κ2) is 6.90. The maximum Gasteiger partial charge on any atom is 0.340 e. The molecule has 0 atom stereocenters. The molecule has 2 N–H and O–H groups in total. The van der Waals surface area contributed by atoms with Crippen molar-refractivity contribution >= 4 is 51.8 Å². The van der Waals surface area contributed by atoms with Crippen LogP contribution in [0.3, 0.4) is 0 Å². The van der Waals surface area contributed by atoms with Crippen LogP contribution in [0.5, 0.6) is 0 Å². The number of rotatable bonds is 4. The van der Waals surface area contributed by atoms with Gasteiger partial charge in [0.1, 0.15) is 0 Å². The Kier molecular flexibility index (Phi) is 4.69. The Hall–Kier alpha value is -2.57. The SMILES string of the molecule is O=C(COC(=O)c1c[nH]c2ccccc12)Nc1ncc(Cl)cc1Cl. The number of pyridine rings is 1. The molecule has 3 aromatic rings. The molecule has 24 heavy (non-hydrogen) atoms. The monoisotopic (exact) mass is 363 g/mol. The topological polar surface area (TPSA) is 84.1 Å². The Bertz CT molecular complexity index is 924. The number of hydrogen-bond donors (Lipinski definition) is 2. The number of H-pyrrole nitrogens is 1. The molecule has 0 unspecified atom stereocenters. The van der Waals surface area contributed by atoms with E-state index in [4.69, 9.17) is 27.9 Å². The van der Waals surface area contributed by atoms with Crippen LogP contribution < -0.4 is 5.32 Å².